The second-order valence-corrected chi connectivity index (χ2v) is 4.72. The van der Waals surface area contributed by atoms with Crippen molar-refractivity contribution in [3.8, 4) is 6.07 Å². The van der Waals surface area contributed by atoms with Gasteiger partial charge in [0.2, 0.25) is 0 Å². The van der Waals surface area contributed by atoms with Gasteiger partial charge in [0, 0.05) is 6.04 Å². The Morgan fingerprint density at radius 1 is 1.41 bits per heavy atom. The maximum atomic E-state index is 13.5. The van der Waals surface area contributed by atoms with E-state index in [2.05, 4.69) is 11.4 Å². The summed E-state index contributed by atoms with van der Waals surface area (Å²) in [5.41, 5.74) is 1.34. The van der Waals surface area contributed by atoms with Crippen molar-refractivity contribution in [2.75, 3.05) is 0 Å². The number of aryl methyl sites for hydroxylation is 1. The average Bonchev–Trinajstić information content (AvgIpc) is 2.82. The molecule has 1 aromatic carbocycles. The number of halogens is 1. The number of nitrogens with zero attached hydrogens (tertiary/aromatic N) is 1. The maximum absolute atomic E-state index is 13.5. The van der Waals surface area contributed by atoms with Gasteiger partial charge < -0.3 is 0 Å². The van der Waals surface area contributed by atoms with Gasteiger partial charge in [0.05, 0.1) is 6.07 Å². The van der Waals surface area contributed by atoms with Crippen molar-refractivity contribution in [2.45, 2.75) is 44.7 Å². The summed E-state index contributed by atoms with van der Waals surface area (Å²) < 4.78 is 13.5. The molecule has 90 valence electrons. The molecule has 3 heteroatoms. The zero-order valence-electron chi connectivity index (χ0n) is 10.0. The molecule has 1 fully saturated rings. The van der Waals surface area contributed by atoms with Crippen LogP contribution in [-0.2, 0) is 0 Å². The molecule has 1 unspecified atom stereocenters. The summed E-state index contributed by atoms with van der Waals surface area (Å²) in [4.78, 5) is 0. The Labute approximate surface area is 101 Å². The van der Waals surface area contributed by atoms with E-state index in [1.165, 1.54) is 18.9 Å². The molecule has 0 spiro atoms. The van der Waals surface area contributed by atoms with E-state index in [4.69, 9.17) is 5.26 Å². The molecule has 2 rings (SSSR count). The monoisotopic (exact) mass is 232 g/mol. The Bertz CT molecular complexity index is 430. The van der Waals surface area contributed by atoms with Crippen LogP contribution >= 0.6 is 0 Å². The van der Waals surface area contributed by atoms with Gasteiger partial charge in [0.1, 0.15) is 11.9 Å². The van der Waals surface area contributed by atoms with Gasteiger partial charge >= 0.3 is 0 Å². The third-order valence-electron chi connectivity index (χ3n) is 3.42. The predicted molar refractivity (Wildman–Crippen MR) is 64.9 cm³/mol. The molecule has 0 bridgehead atoms. The molecule has 0 amide bonds. The number of benzene rings is 1. The van der Waals surface area contributed by atoms with Crippen LogP contribution < -0.4 is 5.32 Å². The van der Waals surface area contributed by atoms with Crippen molar-refractivity contribution in [3.63, 3.8) is 0 Å². The molecule has 1 atom stereocenters. The van der Waals surface area contributed by atoms with Crippen molar-refractivity contribution >= 4 is 0 Å². The minimum absolute atomic E-state index is 0.240. The summed E-state index contributed by atoms with van der Waals surface area (Å²) in [7, 11) is 0. The van der Waals surface area contributed by atoms with Crippen molar-refractivity contribution in [2.24, 2.45) is 0 Å². The summed E-state index contributed by atoms with van der Waals surface area (Å²) in [5, 5.41) is 12.5. The van der Waals surface area contributed by atoms with Crippen molar-refractivity contribution in [3.05, 3.63) is 35.1 Å². The molecule has 1 N–H and O–H groups in total. The van der Waals surface area contributed by atoms with Gasteiger partial charge in [-0.3, -0.25) is 5.32 Å². The van der Waals surface area contributed by atoms with Gasteiger partial charge in [0.15, 0.2) is 0 Å². The SMILES string of the molecule is Cc1ccc(C(C#N)NC2CCCC2)cc1F. The lowest BCUT2D eigenvalue weighted by Crippen LogP contribution is -2.29. The summed E-state index contributed by atoms with van der Waals surface area (Å²) in [6.45, 7) is 1.73. The van der Waals surface area contributed by atoms with E-state index in [1.807, 2.05) is 6.07 Å². The predicted octanol–water partition coefficient (Wildman–Crippen LogP) is 3.23. The Kier molecular flexibility index (Phi) is 3.75. The van der Waals surface area contributed by atoms with Crippen molar-refractivity contribution in [1.29, 1.82) is 5.26 Å². The van der Waals surface area contributed by atoms with E-state index in [0.29, 0.717) is 11.6 Å². The lowest BCUT2D eigenvalue weighted by Gasteiger charge is -2.17. The highest BCUT2D eigenvalue weighted by Crippen LogP contribution is 2.22. The fourth-order valence-electron chi connectivity index (χ4n) is 2.32. The van der Waals surface area contributed by atoms with Gasteiger partial charge in [-0.15, -0.1) is 0 Å². The number of nitrogens with one attached hydrogen (secondary N) is 1. The van der Waals surface area contributed by atoms with Crippen LogP contribution in [0.1, 0.15) is 42.9 Å². The standard InChI is InChI=1S/C14H17FN2/c1-10-6-7-11(8-13(10)15)14(9-16)17-12-4-2-3-5-12/h6-8,12,14,17H,2-5H2,1H3. The molecular weight excluding hydrogens is 215 g/mol. The van der Waals surface area contributed by atoms with Crippen LogP contribution in [0.25, 0.3) is 0 Å². The quantitative estimate of drug-likeness (QED) is 0.868. The van der Waals surface area contributed by atoms with E-state index < -0.39 is 6.04 Å². The second kappa shape index (κ2) is 5.29. The molecule has 1 aliphatic carbocycles. The van der Waals surface area contributed by atoms with Crippen LogP contribution in [0, 0.1) is 24.1 Å². The number of nitriles is 1. The highest BCUT2D eigenvalue weighted by Gasteiger charge is 2.20. The van der Waals surface area contributed by atoms with Crippen LogP contribution in [0.3, 0.4) is 0 Å². The van der Waals surface area contributed by atoms with Crippen LogP contribution in [-0.4, -0.2) is 6.04 Å². The summed E-state index contributed by atoms with van der Waals surface area (Å²) >= 11 is 0. The number of hydrogen-bond acceptors (Lipinski definition) is 2. The van der Waals surface area contributed by atoms with Gasteiger partial charge in [-0.1, -0.05) is 25.0 Å². The molecule has 0 heterocycles. The highest BCUT2D eigenvalue weighted by molar-refractivity contribution is 5.29. The normalized spacial score (nSPS) is 17.9. The third kappa shape index (κ3) is 2.83. The summed E-state index contributed by atoms with van der Waals surface area (Å²) in [5.74, 6) is -0.240. The molecule has 17 heavy (non-hydrogen) atoms. The minimum Gasteiger partial charge on any atom is -0.295 e. The number of rotatable bonds is 3. The minimum atomic E-state index is -0.395. The zero-order chi connectivity index (χ0) is 12.3. The van der Waals surface area contributed by atoms with Crippen LogP contribution in [0.15, 0.2) is 18.2 Å². The van der Waals surface area contributed by atoms with Crippen LogP contribution in [0.4, 0.5) is 4.39 Å². The van der Waals surface area contributed by atoms with E-state index in [9.17, 15) is 4.39 Å². The largest absolute Gasteiger partial charge is 0.295 e. The Hall–Kier alpha value is -1.40. The molecule has 0 aliphatic heterocycles. The lowest BCUT2D eigenvalue weighted by atomic mass is 10.0. The average molecular weight is 232 g/mol. The number of hydrogen-bond donors (Lipinski definition) is 1. The smallest absolute Gasteiger partial charge is 0.126 e. The van der Waals surface area contributed by atoms with Gasteiger partial charge in [-0.25, -0.2) is 4.39 Å². The first-order chi connectivity index (χ1) is 8.20. The molecule has 0 radical (unpaired) electrons. The lowest BCUT2D eigenvalue weighted by molar-refractivity contribution is 0.490. The first-order valence-electron chi connectivity index (χ1n) is 6.12. The fraction of sp³-hybridized carbons (Fsp3) is 0.500. The van der Waals surface area contributed by atoms with Gasteiger partial charge in [-0.05, 0) is 37.0 Å². The maximum Gasteiger partial charge on any atom is 0.126 e. The molecule has 0 aromatic heterocycles. The fourth-order valence-corrected chi connectivity index (χ4v) is 2.32. The molecule has 1 saturated carbocycles. The van der Waals surface area contributed by atoms with Crippen LogP contribution in [0.5, 0.6) is 0 Å². The second-order valence-electron chi connectivity index (χ2n) is 4.72. The molecular formula is C14H17FN2. The first-order valence-corrected chi connectivity index (χ1v) is 6.12. The molecule has 1 aromatic rings. The molecule has 2 nitrogen and oxygen atoms in total. The van der Waals surface area contributed by atoms with E-state index >= 15 is 0 Å². The van der Waals surface area contributed by atoms with Crippen molar-refractivity contribution in [1.82, 2.24) is 5.32 Å². The third-order valence-corrected chi connectivity index (χ3v) is 3.42. The Morgan fingerprint density at radius 2 is 2.12 bits per heavy atom. The van der Waals surface area contributed by atoms with E-state index in [1.54, 1.807) is 13.0 Å². The van der Waals surface area contributed by atoms with E-state index in [-0.39, 0.29) is 5.82 Å². The summed E-state index contributed by atoms with van der Waals surface area (Å²) in [6, 6.07) is 7.24. The van der Waals surface area contributed by atoms with Gasteiger partial charge in [-0.2, -0.15) is 5.26 Å². The topological polar surface area (TPSA) is 35.8 Å². The highest BCUT2D eigenvalue weighted by atomic mass is 19.1. The first kappa shape index (κ1) is 12.1. The van der Waals surface area contributed by atoms with Gasteiger partial charge in [0.25, 0.3) is 0 Å². The summed E-state index contributed by atoms with van der Waals surface area (Å²) in [6.07, 6.45) is 4.68. The molecule has 1 aliphatic rings. The zero-order valence-corrected chi connectivity index (χ0v) is 10.0. The van der Waals surface area contributed by atoms with Crippen molar-refractivity contribution < 1.29 is 4.39 Å². The Balaban J connectivity index is 2.11. The van der Waals surface area contributed by atoms with Crippen LogP contribution in [0.2, 0.25) is 0 Å². The van der Waals surface area contributed by atoms with E-state index in [0.717, 1.165) is 18.4 Å². The molecule has 0 saturated heterocycles. The Morgan fingerprint density at radius 3 is 2.71 bits per heavy atom.